The fraction of sp³-hybridized carbons (Fsp3) is 0.796. The lowest BCUT2D eigenvalue weighted by molar-refractivity contribution is -0.161. The van der Waals surface area contributed by atoms with Gasteiger partial charge in [-0.1, -0.05) is 217 Å². The van der Waals surface area contributed by atoms with Crippen LogP contribution in [0, 0.1) is 0 Å². The molecule has 1 N–H and O–H groups in total. The number of esters is 2. The molecule has 54 heavy (non-hydrogen) atoms. The Bertz CT molecular complexity index is 904. The van der Waals surface area contributed by atoms with Crippen molar-refractivity contribution in [3.05, 3.63) is 48.6 Å². The molecule has 0 fully saturated rings. The quantitative estimate of drug-likeness (QED) is 0.0381. The molecule has 0 aliphatic carbocycles. The van der Waals surface area contributed by atoms with Crippen LogP contribution in [0.5, 0.6) is 0 Å². The first-order valence-corrected chi connectivity index (χ1v) is 23.2. The minimum atomic E-state index is -0.772. The summed E-state index contributed by atoms with van der Waals surface area (Å²) >= 11 is 0. The first-order chi connectivity index (χ1) is 26.6. The molecule has 0 aromatic carbocycles. The van der Waals surface area contributed by atoms with Gasteiger partial charge in [0.05, 0.1) is 6.61 Å². The Morgan fingerprint density at radius 1 is 0.444 bits per heavy atom. The van der Waals surface area contributed by atoms with Crippen molar-refractivity contribution in [1.29, 1.82) is 0 Å². The van der Waals surface area contributed by atoms with Gasteiger partial charge in [0.25, 0.3) is 0 Å². The van der Waals surface area contributed by atoms with Gasteiger partial charge in [-0.05, 0) is 51.4 Å². The number of unbranched alkanes of at least 4 members (excludes halogenated alkanes) is 26. The Balaban J connectivity index is 3.51. The van der Waals surface area contributed by atoms with E-state index in [-0.39, 0.29) is 25.2 Å². The zero-order valence-electron chi connectivity index (χ0n) is 35.7. The number of ether oxygens (including phenoxy) is 2. The Morgan fingerprint density at radius 2 is 0.796 bits per heavy atom. The predicted molar refractivity (Wildman–Crippen MR) is 233 cm³/mol. The number of aliphatic hydroxyl groups is 1. The number of carbonyl (C=O) groups excluding carboxylic acids is 2. The highest BCUT2D eigenvalue weighted by molar-refractivity contribution is 5.70. The van der Waals surface area contributed by atoms with Crippen molar-refractivity contribution in [2.75, 3.05) is 13.2 Å². The summed E-state index contributed by atoms with van der Waals surface area (Å²) in [6.45, 7) is 4.04. The Morgan fingerprint density at radius 3 is 1.20 bits per heavy atom. The molecule has 0 saturated heterocycles. The van der Waals surface area contributed by atoms with E-state index in [4.69, 9.17) is 9.47 Å². The van der Waals surface area contributed by atoms with E-state index < -0.39 is 6.10 Å². The van der Waals surface area contributed by atoms with E-state index in [1.807, 2.05) is 0 Å². The molecular weight excluding hydrogens is 669 g/mol. The van der Waals surface area contributed by atoms with Crippen molar-refractivity contribution in [2.45, 2.75) is 238 Å². The molecule has 1 unspecified atom stereocenters. The molecule has 0 rings (SSSR count). The molecule has 0 aliphatic rings. The smallest absolute Gasteiger partial charge is 0.306 e. The maximum Gasteiger partial charge on any atom is 0.306 e. The Hall–Kier alpha value is -2.14. The zero-order chi connectivity index (χ0) is 39.3. The fourth-order valence-corrected chi connectivity index (χ4v) is 6.66. The molecule has 0 saturated carbocycles. The normalized spacial score (nSPS) is 12.6. The summed E-state index contributed by atoms with van der Waals surface area (Å²) in [4.78, 5) is 24.4. The van der Waals surface area contributed by atoms with Gasteiger partial charge in [-0.15, -0.1) is 0 Å². The average molecular weight is 757 g/mol. The van der Waals surface area contributed by atoms with Crippen LogP contribution in [0.3, 0.4) is 0 Å². The zero-order valence-corrected chi connectivity index (χ0v) is 35.7. The lowest BCUT2D eigenvalue weighted by Crippen LogP contribution is -2.28. The lowest BCUT2D eigenvalue weighted by Gasteiger charge is -2.15. The van der Waals surface area contributed by atoms with Crippen molar-refractivity contribution in [1.82, 2.24) is 0 Å². The van der Waals surface area contributed by atoms with Gasteiger partial charge in [-0.3, -0.25) is 9.59 Å². The number of carbonyl (C=O) groups is 2. The molecule has 0 aromatic heterocycles. The van der Waals surface area contributed by atoms with Gasteiger partial charge in [0, 0.05) is 12.8 Å². The standard InChI is InChI=1S/C49H88O5/c1-3-5-7-9-11-13-15-17-19-21-22-23-24-25-26-28-30-32-34-36-38-40-42-44-49(52)54-47(45-50)46-53-48(51)43-41-39-37-35-33-31-29-27-20-18-16-14-12-10-8-6-4-2/h5,7,11,13,17,19,22-23,47,50H,3-4,6,8-10,12,14-16,18,20-21,24-46H2,1-2H3/b7-5-,13-11-,19-17-,23-22-. The second-order valence-corrected chi connectivity index (χ2v) is 15.5. The number of aliphatic hydroxyl groups excluding tert-OH is 1. The third-order valence-electron chi connectivity index (χ3n) is 10.1. The molecular formula is C49H88O5. The topological polar surface area (TPSA) is 72.8 Å². The van der Waals surface area contributed by atoms with Crippen molar-refractivity contribution in [2.24, 2.45) is 0 Å². The molecule has 314 valence electrons. The summed E-state index contributed by atoms with van der Waals surface area (Å²) in [5.74, 6) is -0.587. The molecule has 0 aromatic rings. The lowest BCUT2D eigenvalue weighted by atomic mass is 10.0. The van der Waals surface area contributed by atoms with E-state index in [9.17, 15) is 14.7 Å². The van der Waals surface area contributed by atoms with E-state index in [2.05, 4.69) is 62.5 Å². The van der Waals surface area contributed by atoms with Crippen LogP contribution in [0.4, 0.5) is 0 Å². The molecule has 0 radical (unpaired) electrons. The third kappa shape index (κ3) is 42.6. The van der Waals surface area contributed by atoms with Crippen LogP contribution in [0.2, 0.25) is 0 Å². The summed E-state index contributed by atoms with van der Waals surface area (Å²) in [5, 5.41) is 9.60. The highest BCUT2D eigenvalue weighted by Crippen LogP contribution is 2.16. The highest BCUT2D eigenvalue weighted by Gasteiger charge is 2.16. The SMILES string of the molecule is CC/C=C\C/C=C\C/C=C\C/C=C\CCCCCCCCCCCCC(=O)OC(CO)COC(=O)CCCCCCCCCCCCCCCCCCC. The number of rotatable bonds is 42. The van der Waals surface area contributed by atoms with Crippen molar-refractivity contribution >= 4 is 11.9 Å². The van der Waals surface area contributed by atoms with Crippen molar-refractivity contribution < 1.29 is 24.2 Å². The first kappa shape index (κ1) is 51.9. The number of hydrogen-bond donors (Lipinski definition) is 1. The van der Waals surface area contributed by atoms with E-state index in [1.165, 1.54) is 141 Å². The molecule has 0 heterocycles. The van der Waals surface area contributed by atoms with Gasteiger partial charge in [0.2, 0.25) is 0 Å². The van der Waals surface area contributed by atoms with Crippen LogP contribution in [-0.2, 0) is 19.1 Å². The van der Waals surface area contributed by atoms with Crippen molar-refractivity contribution in [3.8, 4) is 0 Å². The highest BCUT2D eigenvalue weighted by atomic mass is 16.6. The molecule has 5 nitrogen and oxygen atoms in total. The average Bonchev–Trinajstić information content (AvgIpc) is 3.17. The Kier molecular flexibility index (Phi) is 43.5. The van der Waals surface area contributed by atoms with Crippen molar-refractivity contribution in [3.63, 3.8) is 0 Å². The van der Waals surface area contributed by atoms with E-state index in [0.29, 0.717) is 12.8 Å². The first-order valence-electron chi connectivity index (χ1n) is 23.2. The van der Waals surface area contributed by atoms with Gasteiger partial charge in [-0.25, -0.2) is 0 Å². The monoisotopic (exact) mass is 757 g/mol. The van der Waals surface area contributed by atoms with E-state index in [0.717, 1.165) is 64.2 Å². The van der Waals surface area contributed by atoms with Crippen LogP contribution >= 0.6 is 0 Å². The maximum absolute atomic E-state index is 12.2. The number of allylic oxidation sites excluding steroid dienone is 8. The van der Waals surface area contributed by atoms with Gasteiger partial charge in [0.1, 0.15) is 6.61 Å². The van der Waals surface area contributed by atoms with Gasteiger partial charge in [-0.2, -0.15) is 0 Å². The minimum absolute atomic E-state index is 0.0650. The molecule has 0 bridgehead atoms. The van der Waals surface area contributed by atoms with Gasteiger partial charge >= 0.3 is 11.9 Å². The second kappa shape index (κ2) is 45.3. The van der Waals surface area contributed by atoms with E-state index in [1.54, 1.807) is 0 Å². The molecule has 0 amide bonds. The van der Waals surface area contributed by atoms with Crippen LogP contribution < -0.4 is 0 Å². The largest absolute Gasteiger partial charge is 0.462 e. The van der Waals surface area contributed by atoms with Crippen LogP contribution in [0.25, 0.3) is 0 Å². The molecule has 5 heteroatoms. The summed E-state index contributed by atoms with van der Waals surface area (Å²) in [6.07, 6.45) is 57.6. The summed E-state index contributed by atoms with van der Waals surface area (Å²) in [5.41, 5.74) is 0. The third-order valence-corrected chi connectivity index (χ3v) is 10.1. The fourth-order valence-electron chi connectivity index (χ4n) is 6.66. The minimum Gasteiger partial charge on any atom is -0.462 e. The number of hydrogen-bond acceptors (Lipinski definition) is 5. The van der Waals surface area contributed by atoms with Crippen LogP contribution in [0.15, 0.2) is 48.6 Å². The molecule has 1 atom stereocenters. The Labute approximate surface area is 335 Å². The molecule has 0 spiro atoms. The molecule has 0 aliphatic heterocycles. The van der Waals surface area contributed by atoms with Gasteiger partial charge in [0.15, 0.2) is 6.10 Å². The van der Waals surface area contributed by atoms with Gasteiger partial charge < -0.3 is 14.6 Å². The predicted octanol–water partition coefficient (Wildman–Crippen LogP) is 15.0. The maximum atomic E-state index is 12.2. The second-order valence-electron chi connectivity index (χ2n) is 15.5. The van der Waals surface area contributed by atoms with Crippen LogP contribution in [0.1, 0.15) is 232 Å². The van der Waals surface area contributed by atoms with E-state index >= 15 is 0 Å². The summed E-state index contributed by atoms with van der Waals surface area (Å²) < 4.78 is 10.7. The summed E-state index contributed by atoms with van der Waals surface area (Å²) in [7, 11) is 0. The van der Waals surface area contributed by atoms with Crippen LogP contribution in [-0.4, -0.2) is 36.4 Å². The summed E-state index contributed by atoms with van der Waals surface area (Å²) in [6, 6.07) is 0.